The van der Waals surface area contributed by atoms with Crippen molar-refractivity contribution in [2.24, 2.45) is 0 Å². The molecule has 0 unspecified atom stereocenters. The number of halogens is 1. The predicted molar refractivity (Wildman–Crippen MR) is 81.9 cm³/mol. The van der Waals surface area contributed by atoms with E-state index in [-0.39, 0.29) is 0 Å². The summed E-state index contributed by atoms with van der Waals surface area (Å²) in [7, 11) is 2.02. The van der Waals surface area contributed by atoms with Gasteiger partial charge in [-0.2, -0.15) is 0 Å². The van der Waals surface area contributed by atoms with E-state index in [4.69, 9.17) is 11.6 Å². The summed E-state index contributed by atoms with van der Waals surface area (Å²) < 4.78 is 2.05. The maximum atomic E-state index is 6.08. The van der Waals surface area contributed by atoms with Crippen molar-refractivity contribution in [3.63, 3.8) is 0 Å². The lowest BCUT2D eigenvalue weighted by atomic mass is 10.2. The van der Waals surface area contributed by atoms with E-state index in [2.05, 4.69) is 45.5 Å². The highest BCUT2D eigenvalue weighted by Crippen LogP contribution is 2.30. The molecule has 19 heavy (non-hydrogen) atoms. The Balaban J connectivity index is 2.07. The van der Waals surface area contributed by atoms with Gasteiger partial charge in [-0.05, 0) is 19.1 Å². The molecule has 0 amide bonds. The first kappa shape index (κ1) is 12.5. The molecular weight excluding hydrogens is 278 g/mol. The zero-order valence-electron chi connectivity index (χ0n) is 10.8. The molecule has 3 rings (SSSR count). The van der Waals surface area contributed by atoms with E-state index in [1.807, 2.05) is 18.6 Å². The number of alkyl halides is 1. The Labute approximate surface area is 121 Å². The molecule has 98 valence electrons. The average molecular weight is 292 g/mol. The van der Waals surface area contributed by atoms with Crippen LogP contribution in [0.2, 0.25) is 0 Å². The Morgan fingerprint density at radius 2 is 2.05 bits per heavy atom. The van der Waals surface area contributed by atoms with Gasteiger partial charge >= 0.3 is 0 Å². The van der Waals surface area contributed by atoms with Crippen molar-refractivity contribution in [3.05, 3.63) is 47.1 Å². The Hall–Kier alpha value is -1.52. The number of aromatic nitrogens is 2. The van der Waals surface area contributed by atoms with Gasteiger partial charge in [-0.15, -0.1) is 22.9 Å². The molecule has 0 spiro atoms. The molecule has 3 aromatic rings. The zero-order valence-corrected chi connectivity index (χ0v) is 12.4. The molecule has 0 fully saturated rings. The van der Waals surface area contributed by atoms with E-state index in [0.29, 0.717) is 5.88 Å². The first-order chi connectivity index (χ1) is 9.20. The predicted octanol–water partition coefficient (Wildman–Crippen LogP) is 4.21. The SMILES string of the molecule is Cc1ccc(N(C)c2nc3sccn3c2CCl)cc1. The highest BCUT2D eigenvalue weighted by molar-refractivity contribution is 7.15. The van der Waals surface area contributed by atoms with Crippen LogP contribution in [0.3, 0.4) is 0 Å². The first-order valence-electron chi connectivity index (χ1n) is 6.01. The van der Waals surface area contributed by atoms with Crippen LogP contribution in [-0.2, 0) is 5.88 Å². The molecule has 0 saturated carbocycles. The second-order valence-electron chi connectivity index (χ2n) is 4.47. The van der Waals surface area contributed by atoms with Crippen LogP contribution in [0.15, 0.2) is 35.8 Å². The van der Waals surface area contributed by atoms with Gasteiger partial charge in [0.2, 0.25) is 0 Å². The van der Waals surface area contributed by atoms with Gasteiger partial charge in [0.1, 0.15) is 0 Å². The van der Waals surface area contributed by atoms with E-state index in [1.165, 1.54) is 5.56 Å². The molecule has 0 atom stereocenters. The number of imidazole rings is 1. The highest BCUT2D eigenvalue weighted by Gasteiger charge is 2.16. The van der Waals surface area contributed by atoms with Gasteiger partial charge < -0.3 is 4.90 Å². The molecule has 3 nitrogen and oxygen atoms in total. The monoisotopic (exact) mass is 291 g/mol. The topological polar surface area (TPSA) is 20.5 Å². The number of aryl methyl sites for hydroxylation is 1. The number of rotatable bonds is 3. The molecule has 1 aromatic carbocycles. The summed E-state index contributed by atoms with van der Waals surface area (Å²) in [6.07, 6.45) is 2.01. The summed E-state index contributed by atoms with van der Waals surface area (Å²) in [5.74, 6) is 1.37. The zero-order chi connectivity index (χ0) is 13.4. The third-order valence-corrected chi connectivity index (χ3v) is 4.22. The molecule has 2 heterocycles. The maximum absolute atomic E-state index is 6.08. The highest BCUT2D eigenvalue weighted by atomic mass is 35.5. The van der Waals surface area contributed by atoms with E-state index < -0.39 is 0 Å². The smallest absolute Gasteiger partial charge is 0.195 e. The standard InChI is InChI=1S/C14H14ClN3S/c1-10-3-5-11(6-4-10)17(2)13-12(9-15)18-7-8-19-14(18)16-13/h3-8H,9H2,1-2H3. The summed E-state index contributed by atoms with van der Waals surface area (Å²) in [6, 6.07) is 8.40. The second kappa shape index (κ2) is 4.87. The molecule has 0 aliphatic heterocycles. The van der Waals surface area contributed by atoms with Gasteiger partial charge in [0.15, 0.2) is 10.8 Å². The fourth-order valence-corrected chi connectivity index (χ4v) is 3.08. The van der Waals surface area contributed by atoms with Crippen molar-refractivity contribution in [2.75, 3.05) is 11.9 Å². The van der Waals surface area contributed by atoms with E-state index in [1.54, 1.807) is 11.3 Å². The molecule has 0 radical (unpaired) electrons. The Morgan fingerprint density at radius 3 is 2.74 bits per heavy atom. The van der Waals surface area contributed by atoms with Gasteiger partial charge in [-0.3, -0.25) is 4.40 Å². The van der Waals surface area contributed by atoms with Crippen molar-refractivity contribution >= 4 is 39.4 Å². The maximum Gasteiger partial charge on any atom is 0.195 e. The van der Waals surface area contributed by atoms with Gasteiger partial charge in [0.05, 0.1) is 11.6 Å². The lowest BCUT2D eigenvalue weighted by Crippen LogP contribution is -2.11. The van der Waals surface area contributed by atoms with Crippen LogP contribution in [0, 0.1) is 6.92 Å². The van der Waals surface area contributed by atoms with Crippen molar-refractivity contribution in [1.82, 2.24) is 9.38 Å². The van der Waals surface area contributed by atoms with Crippen LogP contribution in [0.25, 0.3) is 4.96 Å². The van der Waals surface area contributed by atoms with Crippen molar-refractivity contribution in [2.45, 2.75) is 12.8 Å². The molecule has 0 aliphatic rings. The Morgan fingerprint density at radius 1 is 1.32 bits per heavy atom. The van der Waals surface area contributed by atoms with E-state index >= 15 is 0 Å². The third-order valence-electron chi connectivity index (χ3n) is 3.21. The van der Waals surface area contributed by atoms with Crippen LogP contribution in [0.4, 0.5) is 11.5 Å². The van der Waals surface area contributed by atoms with Gasteiger partial charge in [-0.1, -0.05) is 17.7 Å². The first-order valence-corrected chi connectivity index (χ1v) is 7.43. The largest absolute Gasteiger partial charge is 0.328 e. The number of anilines is 2. The minimum absolute atomic E-state index is 0.448. The summed E-state index contributed by atoms with van der Waals surface area (Å²) >= 11 is 7.70. The number of fused-ring (bicyclic) bond motifs is 1. The van der Waals surface area contributed by atoms with Crippen molar-refractivity contribution in [1.29, 1.82) is 0 Å². The number of benzene rings is 1. The van der Waals surface area contributed by atoms with Gasteiger partial charge in [0, 0.05) is 24.3 Å². The van der Waals surface area contributed by atoms with Gasteiger partial charge in [0.25, 0.3) is 0 Å². The molecule has 0 saturated heterocycles. The van der Waals surface area contributed by atoms with Crippen LogP contribution in [-0.4, -0.2) is 16.4 Å². The number of hydrogen-bond acceptors (Lipinski definition) is 3. The van der Waals surface area contributed by atoms with Crippen LogP contribution in [0.1, 0.15) is 11.3 Å². The van der Waals surface area contributed by atoms with Crippen molar-refractivity contribution in [3.8, 4) is 0 Å². The molecule has 0 aliphatic carbocycles. The van der Waals surface area contributed by atoms with Crippen LogP contribution >= 0.6 is 22.9 Å². The molecule has 0 bridgehead atoms. The number of thiazole rings is 1. The summed E-state index contributed by atoms with van der Waals surface area (Å²) in [5, 5.41) is 2.02. The second-order valence-corrected chi connectivity index (χ2v) is 5.61. The van der Waals surface area contributed by atoms with Gasteiger partial charge in [-0.25, -0.2) is 4.98 Å². The van der Waals surface area contributed by atoms with Crippen LogP contribution < -0.4 is 4.90 Å². The van der Waals surface area contributed by atoms with Crippen molar-refractivity contribution < 1.29 is 0 Å². The molecular formula is C14H14ClN3S. The lowest BCUT2D eigenvalue weighted by molar-refractivity contribution is 1.08. The summed E-state index contributed by atoms with van der Waals surface area (Å²) in [5.41, 5.74) is 3.39. The molecule has 5 heteroatoms. The van der Waals surface area contributed by atoms with Crippen LogP contribution in [0.5, 0.6) is 0 Å². The fraction of sp³-hybridized carbons (Fsp3) is 0.214. The number of hydrogen-bond donors (Lipinski definition) is 0. The minimum Gasteiger partial charge on any atom is -0.328 e. The molecule has 2 aromatic heterocycles. The third kappa shape index (κ3) is 2.11. The molecule has 0 N–H and O–H groups in total. The minimum atomic E-state index is 0.448. The quantitative estimate of drug-likeness (QED) is 0.674. The average Bonchev–Trinajstić information content (AvgIpc) is 2.98. The normalized spacial score (nSPS) is 11.1. The number of nitrogens with zero attached hydrogens (tertiary/aromatic N) is 3. The lowest BCUT2D eigenvalue weighted by Gasteiger charge is -2.18. The summed E-state index contributed by atoms with van der Waals surface area (Å²) in [6.45, 7) is 2.08. The van der Waals surface area contributed by atoms with E-state index in [9.17, 15) is 0 Å². The Kier molecular flexibility index (Phi) is 3.21. The fourth-order valence-electron chi connectivity index (χ4n) is 2.10. The summed E-state index contributed by atoms with van der Waals surface area (Å²) in [4.78, 5) is 7.72. The Bertz CT molecular complexity index is 699. The van der Waals surface area contributed by atoms with E-state index in [0.717, 1.165) is 22.2 Å².